The summed E-state index contributed by atoms with van der Waals surface area (Å²) in [5.41, 5.74) is -4.27. The van der Waals surface area contributed by atoms with Crippen molar-refractivity contribution >= 4 is 22.9 Å². The van der Waals surface area contributed by atoms with Gasteiger partial charge in [-0.05, 0) is 24.3 Å². The van der Waals surface area contributed by atoms with E-state index < -0.39 is 49.7 Å². The Morgan fingerprint density at radius 3 is 2.00 bits per heavy atom. The highest BCUT2D eigenvalue weighted by Crippen LogP contribution is 2.44. The highest BCUT2D eigenvalue weighted by molar-refractivity contribution is 6.30. The number of fused-ring (bicyclic) bond motifs is 2. The van der Waals surface area contributed by atoms with Crippen LogP contribution < -0.4 is 0 Å². The van der Waals surface area contributed by atoms with E-state index in [2.05, 4.69) is 0 Å². The first-order valence-corrected chi connectivity index (χ1v) is 6.35. The molecule has 0 saturated carbocycles. The summed E-state index contributed by atoms with van der Waals surface area (Å²) in [7, 11) is 0. The van der Waals surface area contributed by atoms with Crippen molar-refractivity contribution in [2.75, 3.05) is 0 Å². The van der Waals surface area contributed by atoms with Crippen LogP contribution in [0, 0.1) is 20.2 Å². The zero-order valence-corrected chi connectivity index (χ0v) is 11.5. The zero-order valence-electron chi connectivity index (χ0n) is 11.5. The van der Waals surface area contributed by atoms with Gasteiger partial charge in [0.1, 0.15) is 11.3 Å². The number of nitrogens with zero attached hydrogens (tertiary/aromatic N) is 2. The van der Waals surface area contributed by atoms with Crippen molar-refractivity contribution in [3.63, 3.8) is 0 Å². The lowest BCUT2D eigenvalue weighted by Gasteiger charge is -2.17. The fourth-order valence-corrected chi connectivity index (χ4v) is 2.61. The van der Waals surface area contributed by atoms with E-state index in [4.69, 9.17) is 0 Å². The SMILES string of the molecule is O=C1c2ccc(O)cc2C(=O)c2c1cc(O)c([N+](=O)[O-])c2[N+](=O)[O-]. The average molecular weight is 330 g/mol. The van der Waals surface area contributed by atoms with E-state index in [1.807, 2.05) is 0 Å². The molecule has 0 unspecified atom stereocenters. The summed E-state index contributed by atoms with van der Waals surface area (Å²) in [6.45, 7) is 0. The van der Waals surface area contributed by atoms with Gasteiger partial charge in [0, 0.05) is 16.7 Å². The number of carbonyl (C=O) groups excluding carboxylic acids is 2. The summed E-state index contributed by atoms with van der Waals surface area (Å²) in [6.07, 6.45) is 0. The Labute approximate surface area is 131 Å². The summed E-state index contributed by atoms with van der Waals surface area (Å²) >= 11 is 0. The minimum absolute atomic E-state index is 0.132. The number of nitro benzene ring substituents is 2. The van der Waals surface area contributed by atoms with Crippen LogP contribution in [-0.4, -0.2) is 31.6 Å². The fraction of sp³-hybridized carbons (Fsp3) is 0. The maximum absolute atomic E-state index is 12.5. The Morgan fingerprint density at radius 2 is 1.42 bits per heavy atom. The van der Waals surface area contributed by atoms with Crippen molar-refractivity contribution in [2.45, 2.75) is 0 Å². The molecule has 3 rings (SSSR count). The molecule has 10 nitrogen and oxygen atoms in total. The van der Waals surface area contributed by atoms with Crippen molar-refractivity contribution in [1.82, 2.24) is 0 Å². The summed E-state index contributed by atoms with van der Waals surface area (Å²) in [4.78, 5) is 44.9. The third-order valence-corrected chi connectivity index (χ3v) is 3.58. The highest BCUT2D eigenvalue weighted by Gasteiger charge is 2.43. The summed E-state index contributed by atoms with van der Waals surface area (Å²) in [5.74, 6) is -3.29. The van der Waals surface area contributed by atoms with Crippen LogP contribution in [0.3, 0.4) is 0 Å². The third-order valence-electron chi connectivity index (χ3n) is 3.58. The Balaban J connectivity index is 2.45. The van der Waals surface area contributed by atoms with Gasteiger partial charge in [-0.1, -0.05) is 0 Å². The van der Waals surface area contributed by atoms with E-state index >= 15 is 0 Å². The maximum Gasteiger partial charge on any atom is 0.387 e. The van der Waals surface area contributed by atoms with E-state index in [-0.39, 0.29) is 16.9 Å². The van der Waals surface area contributed by atoms with Crippen molar-refractivity contribution < 1.29 is 29.6 Å². The third kappa shape index (κ3) is 1.90. The Bertz CT molecular complexity index is 979. The zero-order chi connectivity index (χ0) is 17.8. The summed E-state index contributed by atoms with van der Waals surface area (Å²) in [5, 5.41) is 41.5. The molecule has 0 bridgehead atoms. The van der Waals surface area contributed by atoms with E-state index in [1.54, 1.807) is 0 Å². The van der Waals surface area contributed by atoms with E-state index in [0.717, 1.165) is 18.2 Å². The first-order valence-electron chi connectivity index (χ1n) is 6.35. The van der Waals surface area contributed by atoms with Gasteiger partial charge in [-0.2, -0.15) is 0 Å². The predicted octanol–water partition coefficient (Wildman–Crippen LogP) is 1.69. The topological polar surface area (TPSA) is 161 Å². The van der Waals surface area contributed by atoms with Gasteiger partial charge in [0.05, 0.1) is 9.85 Å². The lowest BCUT2D eigenvalue weighted by molar-refractivity contribution is -0.423. The molecule has 0 fully saturated rings. The first-order chi connectivity index (χ1) is 11.2. The van der Waals surface area contributed by atoms with E-state index in [9.17, 15) is 40.0 Å². The normalized spacial score (nSPS) is 12.5. The molecule has 120 valence electrons. The quantitative estimate of drug-likeness (QED) is 0.530. The Hall–Kier alpha value is -3.82. The number of aromatic hydroxyl groups is 2. The predicted molar refractivity (Wildman–Crippen MR) is 76.4 cm³/mol. The molecule has 24 heavy (non-hydrogen) atoms. The second-order valence-corrected chi connectivity index (χ2v) is 4.92. The molecular weight excluding hydrogens is 324 g/mol. The Kier molecular flexibility index (Phi) is 3.04. The van der Waals surface area contributed by atoms with Crippen molar-refractivity contribution in [2.24, 2.45) is 0 Å². The number of hydrogen-bond donors (Lipinski definition) is 2. The van der Waals surface area contributed by atoms with Crippen LogP contribution >= 0.6 is 0 Å². The number of rotatable bonds is 2. The van der Waals surface area contributed by atoms with Gasteiger partial charge in [-0.3, -0.25) is 29.8 Å². The number of carbonyl (C=O) groups is 2. The van der Waals surface area contributed by atoms with Crippen molar-refractivity contribution in [3.05, 3.63) is 66.7 Å². The van der Waals surface area contributed by atoms with Crippen molar-refractivity contribution in [3.8, 4) is 11.5 Å². The molecule has 0 aliphatic heterocycles. The largest absolute Gasteiger partial charge is 0.508 e. The van der Waals surface area contributed by atoms with Crippen molar-refractivity contribution in [1.29, 1.82) is 0 Å². The summed E-state index contributed by atoms with van der Waals surface area (Å²) in [6, 6.07) is 3.91. The molecule has 0 spiro atoms. The second-order valence-electron chi connectivity index (χ2n) is 4.92. The molecule has 0 aromatic heterocycles. The second kappa shape index (κ2) is 4.84. The Morgan fingerprint density at radius 1 is 0.792 bits per heavy atom. The average Bonchev–Trinajstić information content (AvgIpc) is 2.50. The first kappa shape index (κ1) is 15.1. The van der Waals surface area contributed by atoms with Crippen LogP contribution in [0.4, 0.5) is 11.4 Å². The van der Waals surface area contributed by atoms with Gasteiger partial charge in [-0.15, -0.1) is 0 Å². The molecular formula is C14H6N2O8. The number of nitro groups is 2. The lowest BCUT2D eigenvalue weighted by Crippen LogP contribution is -2.22. The lowest BCUT2D eigenvalue weighted by atomic mass is 9.82. The molecule has 2 aromatic rings. The van der Waals surface area contributed by atoms with E-state index in [1.165, 1.54) is 0 Å². The molecule has 0 atom stereocenters. The molecule has 1 aliphatic rings. The standard InChI is InChI=1S/C14H6N2O8/c17-5-1-2-6-7(3-5)14(20)10-8(13(6)19)4-9(18)11(15(21)22)12(10)16(23)24/h1-4,17-18H. The van der Waals surface area contributed by atoms with Gasteiger partial charge >= 0.3 is 11.4 Å². The number of phenols is 2. The number of hydrogen-bond acceptors (Lipinski definition) is 8. The molecule has 0 saturated heterocycles. The number of benzene rings is 2. The molecule has 0 heterocycles. The van der Waals surface area contributed by atoms with Crippen LogP contribution in [0.15, 0.2) is 24.3 Å². The number of phenolic OH excluding ortho intramolecular Hbond substituents is 2. The minimum Gasteiger partial charge on any atom is -0.508 e. The maximum atomic E-state index is 12.5. The van der Waals surface area contributed by atoms with Gasteiger partial charge in [0.2, 0.25) is 11.5 Å². The molecule has 2 N–H and O–H groups in total. The van der Waals surface area contributed by atoms with Crippen LogP contribution in [0.1, 0.15) is 31.8 Å². The fourth-order valence-electron chi connectivity index (χ4n) is 2.61. The number of ketones is 2. The van der Waals surface area contributed by atoms with E-state index in [0.29, 0.717) is 6.07 Å². The van der Waals surface area contributed by atoms with Gasteiger partial charge in [-0.25, -0.2) is 0 Å². The van der Waals surface area contributed by atoms with Crippen LogP contribution in [0.25, 0.3) is 0 Å². The molecule has 0 amide bonds. The molecule has 0 radical (unpaired) electrons. The van der Waals surface area contributed by atoms with Gasteiger partial charge in [0.15, 0.2) is 5.78 Å². The smallest absolute Gasteiger partial charge is 0.387 e. The van der Waals surface area contributed by atoms with Crippen LogP contribution in [0.5, 0.6) is 11.5 Å². The minimum atomic E-state index is -1.27. The molecule has 10 heteroatoms. The summed E-state index contributed by atoms with van der Waals surface area (Å²) < 4.78 is 0. The van der Waals surface area contributed by atoms with Crippen LogP contribution in [-0.2, 0) is 0 Å². The molecule has 2 aromatic carbocycles. The van der Waals surface area contributed by atoms with Gasteiger partial charge in [0.25, 0.3) is 0 Å². The molecule has 1 aliphatic carbocycles. The van der Waals surface area contributed by atoms with Crippen LogP contribution in [0.2, 0.25) is 0 Å². The monoisotopic (exact) mass is 330 g/mol. The highest BCUT2D eigenvalue weighted by atomic mass is 16.6. The van der Waals surface area contributed by atoms with Gasteiger partial charge < -0.3 is 10.2 Å².